The minimum Gasteiger partial charge on any atom is -0.373 e. The second-order valence-corrected chi connectivity index (χ2v) is 10.2. The van der Waals surface area contributed by atoms with E-state index < -0.39 is 0 Å². The molecule has 2 atom stereocenters. The molecule has 0 aromatic heterocycles. The van der Waals surface area contributed by atoms with Crippen LogP contribution in [0.25, 0.3) is 0 Å². The molecule has 0 bridgehead atoms. The molecule has 31 heavy (non-hydrogen) atoms. The molecule has 0 spiro atoms. The van der Waals surface area contributed by atoms with E-state index in [1.54, 1.807) is 0 Å². The van der Waals surface area contributed by atoms with Gasteiger partial charge in [-0.1, -0.05) is 102 Å². The van der Waals surface area contributed by atoms with Crippen molar-refractivity contribution in [3.05, 3.63) is 35.4 Å². The summed E-state index contributed by atoms with van der Waals surface area (Å²) in [6.07, 6.45) is 20.9. The first-order valence-corrected chi connectivity index (χ1v) is 13.6. The van der Waals surface area contributed by atoms with Gasteiger partial charge in [0.1, 0.15) is 6.10 Å². The van der Waals surface area contributed by atoms with Crippen LogP contribution >= 0.6 is 0 Å². The molecule has 0 unspecified atom stereocenters. The van der Waals surface area contributed by atoms with Gasteiger partial charge in [0.15, 0.2) is 0 Å². The molecule has 0 amide bonds. The maximum atomic E-state index is 6.18. The maximum Gasteiger partial charge on any atom is 0.106 e. The summed E-state index contributed by atoms with van der Waals surface area (Å²) in [5.74, 6) is 1.75. The first kappa shape index (κ1) is 24.8. The Labute approximate surface area is 192 Å². The molecule has 1 saturated heterocycles. The SMILES string of the molecule is CCCCCCC[C@H]1CO[C@H](c2ccc([C@H]3CC[C@H](CCCCCC)CC3)cc2)CO1. The summed E-state index contributed by atoms with van der Waals surface area (Å²) in [4.78, 5) is 0. The van der Waals surface area contributed by atoms with Gasteiger partial charge in [-0.25, -0.2) is 0 Å². The molecule has 176 valence electrons. The maximum absolute atomic E-state index is 6.18. The van der Waals surface area contributed by atoms with Gasteiger partial charge < -0.3 is 9.47 Å². The Morgan fingerprint density at radius 1 is 0.645 bits per heavy atom. The van der Waals surface area contributed by atoms with Crippen LogP contribution in [0.1, 0.15) is 133 Å². The zero-order chi connectivity index (χ0) is 21.7. The quantitative estimate of drug-likeness (QED) is 0.292. The van der Waals surface area contributed by atoms with E-state index in [9.17, 15) is 0 Å². The fraction of sp³-hybridized carbons (Fsp3) is 0.793. The first-order valence-electron chi connectivity index (χ1n) is 13.6. The van der Waals surface area contributed by atoms with Crippen LogP contribution < -0.4 is 0 Å². The van der Waals surface area contributed by atoms with Gasteiger partial charge in [-0.15, -0.1) is 0 Å². The average molecular weight is 429 g/mol. The topological polar surface area (TPSA) is 18.5 Å². The Kier molecular flexibility index (Phi) is 11.4. The molecule has 1 aliphatic carbocycles. The monoisotopic (exact) mass is 428 g/mol. The zero-order valence-corrected chi connectivity index (χ0v) is 20.5. The average Bonchev–Trinajstić information content (AvgIpc) is 2.83. The zero-order valence-electron chi connectivity index (χ0n) is 20.5. The number of unbranched alkanes of at least 4 members (excludes halogenated alkanes) is 7. The highest BCUT2D eigenvalue weighted by Crippen LogP contribution is 2.38. The highest BCUT2D eigenvalue weighted by molar-refractivity contribution is 5.27. The lowest BCUT2D eigenvalue weighted by Crippen LogP contribution is -2.31. The van der Waals surface area contributed by atoms with E-state index >= 15 is 0 Å². The lowest BCUT2D eigenvalue weighted by molar-refractivity contribution is -0.137. The molecule has 2 fully saturated rings. The number of hydrogen-bond donors (Lipinski definition) is 0. The highest BCUT2D eigenvalue weighted by Gasteiger charge is 2.25. The molecule has 1 heterocycles. The van der Waals surface area contributed by atoms with Crippen molar-refractivity contribution >= 4 is 0 Å². The molecule has 2 heteroatoms. The Morgan fingerprint density at radius 2 is 1.26 bits per heavy atom. The molecule has 0 radical (unpaired) electrons. The van der Waals surface area contributed by atoms with Gasteiger partial charge in [0.25, 0.3) is 0 Å². The molecular weight excluding hydrogens is 380 g/mol. The van der Waals surface area contributed by atoms with E-state index in [4.69, 9.17) is 9.47 Å². The lowest BCUT2D eigenvalue weighted by Gasteiger charge is -2.31. The molecule has 1 saturated carbocycles. The summed E-state index contributed by atoms with van der Waals surface area (Å²) < 4.78 is 12.3. The van der Waals surface area contributed by atoms with Crippen LogP contribution in [0.4, 0.5) is 0 Å². The highest BCUT2D eigenvalue weighted by atomic mass is 16.6. The first-order chi connectivity index (χ1) is 15.3. The number of hydrogen-bond acceptors (Lipinski definition) is 2. The van der Waals surface area contributed by atoms with Crippen LogP contribution in [0.5, 0.6) is 0 Å². The molecular formula is C29H48O2. The van der Waals surface area contributed by atoms with Crippen LogP contribution in [0.15, 0.2) is 24.3 Å². The van der Waals surface area contributed by atoms with Crippen LogP contribution in [-0.4, -0.2) is 19.3 Å². The van der Waals surface area contributed by atoms with Gasteiger partial charge in [-0.3, -0.25) is 0 Å². The summed E-state index contributed by atoms with van der Waals surface area (Å²) in [6, 6.07) is 9.33. The van der Waals surface area contributed by atoms with Gasteiger partial charge in [-0.2, -0.15) is 0 Å². The third kappa shape index (κ3) is 8.54. The standard InChI is InChI=1S/C29H48O2/c1-3-5-7-9-11-13-28-22-31-29(23-30-28)27-20-18-26(19-21-27)25-16-14-24(15-17-25)12-10-8-6-4-2/h18-21,24-25,28-29H,3-17,22-23H2,1-2H3/t24-,25-,28-,29-/m0/s1. The molecule has 2 aliphatic rings. The van der Waals surface area contributed by atoms with E-state index in [0.29, 0.717) is 12.7 Å². The Hall–Kier alpha value is -0.860. The third-order valence-corrected chi connectivity index (χ3v) is 7.69. The predicted octanol–water partition coefficient (Wildman–Crippen LogP) is 8.75. The van der Waals surface area contributed by atoms with E-state index in [0.717, 1.165) is 24.9 Å². The van der Waals surface area contributed by atoms with Crippen LogP contribution in [-0.2, 0) is 9.47 Å². The van der Waals surface area contributed by atoms with Gasteiger partial charge in [0, 0.05) is 0 Å². The van der Waals surface area contributed by atoms with Crippen molar-refractivity contribution in [3.63, 3.8) is 0 Å². The Bertz CT molecular complexity index is 565. The second-order valence-electron chi connectivity index (χ2n) is 10.2. The third-order valence-electron chi connectivity index (χ3n) is 7.69. The normalized spacial score (nSPS) is 26.8. The van der Waals surface area contributed by atoms with Crippen LogP contribution in [0, 0.1) is 5.92 Å². The van der Waals surface area contributed by atoms with Gasteiger partial charge >= 0.3 is 0 Å². The summed E-state index contributed by atoms with van der Waals surface area (Å²) in [7, 11) is 0. The molecule has 2 nitrogen and oxygen atoms in total. The van der Waals surface area contributed by atoms with Crippen molar-refractivity contribution in [3.8, 4) is 0 Å². The summed E-state index contributed by atoms with van der Waals surface area (Å²) in [5.41, 5.74) is 2.82. The molecule has 3 rings (SSSR count). The number of benzene rings is 1. The Morgan fingerprint density at radius 3 is 1.90 bits per heavy atom. The fourth-order valence-electron chi connectivity index (χ4n) is 5.50. The minimum absolute atomic E-state index is 0.115. The van der Waals surface area contributed by atoms with Crippen molar-refractivity contribution in [2.45, 2.75) is 128 Å². The minimum atomic E-state index is 0.115. The number of rotatable bonds is 13. The lowest BCUT2D eigenvalue weighted by atomic mass is 9.77. The van der Waals surface area contributed by atoms with Gasteiger partial charge in [0.2, 0.25) is 0 Å². The fourth-order valence-corrected chi connectivity index (χ4v) is 5.50. The number of ether oxygens (including phenoxy) is 2. The van der Waals surface area contributed by atoms with Crippen molar-refractivity contribution < 1.29 is 9.47 Å². The van der Waals surface area contributed by atoms with Crippen LogP contribution in [0.3, 0.4) is 0 Å². The smallest absolute Gasteiger partial charge is 0.106 e. The van der Waals surface area contributed by atoms with Crippen molar-refractivity contribution in [1.29, 1.82) is 0 Å². The second kappa shape index (κ2) is 14.3. The van der Waals surface area contributed by atoms with E-state index in [1.165, 1.54) is 101 Å². The predicted molar refractivity (Wildman–Crippen MR) is 132 cm³/mol. The van der Waals surface area contributed by atoms with Crippen molar-refractivity contribution in [1.82, 2.24) is 0 Å². The summed E-state index contributed by atoms with van der Waals surface area (Å²) >= 11 is 0. The van der Waals surface area contributed by atoms with Crippen molar-refractivity contribution in [2.75, 3.05) is 13.2 Å². The van der Waals surface area contributed by atoms with E-state index in [2.05, 4.69) is 38.1 Å². The van der Waals surface area contributed by atoms with E-state index in [-0.39, 0.29) is 6.10 Å². The summed E-state index contributed by atoms with van der Waals surface area (Å²) in [6.45, 7) is 6.04. The molecule has 1 aromatic carbocycles. The summed E-state index contributed by atoms with van der Waals surface area (Å²) in [5, 5.41) is 0. The Balaban J connectivity index is 1.34. The van der Waals surface area contributed by atoms with Crippen LogP contribution in [0.2, 0.25) is 0 Å². The van der Waals surface area contributed by atoms with Gasteiger partial charge in [-0.05, 0) is 55.1 Å². The van der Waals surface area contributed by atoms with E-state index in [1.807, 2.05) is 0 Å². The molecule has 1 aliphatic heterocycles. The van der Waals surface area contributed by atoms with Crippen molar-refractivity contribution in [2.24, 2.45) is 5.92 Å². The molecule has 0 N–H and O–H groups in total. The van der Waals surface area contributed by atoms with Gasteiger partial charge in [0.05, 0.1) is 19.3 Å². The molecule has 1 aromatic rings. The largest absolute Gasteiger partial charge is 0.373 e.